The lowest BCUT2D eigenvalue weighted by molar-refractivity contribution is -0.142. The fourth-order valence-electron chi connectivity index (χ4n) is 1.76. The number of ether oxygens (including phenoxy) is 1. The zero-order valence-corrected chi connectivity index (χ0v) is 9.79. The Labute approximate surface area is 97.8 Å². The summed E-state index contributed by atoms with van der Waals surface area (Å²) in [5.41, 5.74) is 6.60. The van der Waals surface area contributed by atoms with Gasteiger partial charge in [0.1, 0.15) is 0 Å². The van der Waals surface area contributed by atoms with Gasteiger partial charge in [0.2, 0.25) is 0 Å². The first-order chi connectivity index (χ1) is 7.77. The minimum Gasteiger partial charge on any atom is -0.469 e. The number of benzene rings is 1. The molecule has 0 aliphatic carbocycles. The van der Waals surface area contributed by atoms with Crippen molar-refractivity contribution in [2.24, 2.45) is 5.73 Å². The lowest BCUT2D eigenvalue weighted by atomic mass is 9.99. The summed E-state index contributed by atoms with van der Waals surface area (Å²) in [6, 6.07) is 7.99. The maximum absolute atomic E-state index is 11.6. The molecule has 0 spiro atoms. The molecule has 1 unspecified atom stereocenters. The summed E-state index contributed by atoms with van der Waals surface area (Å²) < 4.78 is 5.93. The molecule has 1 aromatic heterocycles. The summed E-state index contributed by atoms with van der Waals surface area (Å²) >= 11 is 1.62. The lowest BCUT2D eigenvalue weighted by Gasteiger charge is -2.11. The standard InChI is InChI=1S/C12H13NO2S/c1-15-12(14)9(6-13)10-7-16-11-5-3-2-4-8(10)11/h2-5,7,9H,6,13H2,1H3. The van der Waals surface area contributed by atoms with Gasteiger partial charge in [0.15, 0.2) is 0 Å². The number of hydrogen-bond acceptors (Lipinski definition) is 4. The minimum atomic E-state index is -0.360. The third-order valence-electron chi connectivity index (χ3n) is 2.61. The summed E-state index contributed by atoms with van der Waals surface area (Å²) in [4.78, 5) is 11.6. The summed E-state index contributed by atoms with van der Waals surface area (Å²) in [7, 11) is 1.39. The molecule has 2 aromatic rings. The van der Waals surface area contributed by atoms with Crippen molar-refractivity contribution in [3.05, 3.63) is 35.2 Å². The van der Waals surface area contributed by atoms with Gasteiger partial charge in [-0.15, -0.1) is 11.3 Å². The molecule has 1 heterocycles. The number of esters is 1. The Morgan fingerprint density at radius 1 is 1.50 bits per heavy atom. The van der Waals surface area contributed by atoms with E-state index in [9.17, 15) is 4.79 Å². The molecule has 0 aliphatic rings. The van der Waals surface area contributed by atoms with Crippen molar-refractivity contribution >= 4 is 27.4 Å². The second-order valence-corrected chi connectivity index (χ2v) is 4.41. The number of fused-ring (bicyclic) bond motifs is 1. The normalized spacial score (nSPS) is 12.6. The molecule has 0 amide bonds. The van der Waals surface area contributed by atoms with Gasteiger partial charge < -0.3 is 10.5 Å². The van der Waals surface area contributed by atoms with Crippen LogP contribution in [0.4, 0.5) is 0 Å². The van der Waals surface area contributed by atoms with Crippen LogP contribution in [0.2, 0.25) is 0 Å². The number of rotatable bonds is 3. The van der Waals surface area contributed by atoms with E-state index in [2.05, 4.69) is 0 Å². The zero-order valence-electron chi connectivity index (χ0n) is 8.97. The fraction of sp³-hybridized carbons (Fsp3) is 0.250. The first-order valence-corrected chi connectivity index (χ1v) is 5.90. The molecule has 0 fully saturated rings. The number of hydrogen-bond donors (Lipinski definition) is 1. The van der Waals surface area contributed by atoms with Crippen LogP contribution in [0.15, 0.2) is 29.6 Å². The monoisotopic (exact) mass is 235 g/mol. The summed E-state index contributed by atoms with van der Waals surface area (Å²) in [5, 5.41) is 3.08. The van der Waals surface area contributed by atoms with Gasteiger partial charge in [-0.1, -0.05) is 18.2 Å². The highest BCUT2D eigenvalue weighted by Gasteiger charge is 2.22. The third kappa shape index (κ3) is 1.81. The molecule has 4 heteroatoms. The average Bonchev–Trinajstić information content (AvgIpc) is 2.74. The minimum absolute atomic E-state index is 0.271. The fourth-order valence-corrected chi connectivity index (χ4v) is 2.78. The van der Waals surface area contributed by atoms with E-state index >= 15 is 0 Å². The van der Waals surface area contributed by atoms with Crippen LogP contribution in [0.25, 0.3) is 10.1 Å². The van der Waals surface area contributed by atoms with Gasteiger partial charge in [-0.05, 0) is 22.4 Å². The smallest absolute Gasteiger partial charge is 0.314 e. The second kappa shape index (κ2) is 4.63. The van der Waals surface area contributed by atoms with Crippen molar-refractivity contribution in [1.82, 2.24) is 0 Å². The Balaban J connectivity index is 2.49. The Morgan fingerprint density at radius 2 is 2.25 bits per heavy atom. The first kappa shape index (κ1) is 11.1. The van der Waals surface area contributed by atoms with E-state index in [0.29, 0.717) is 0 Å². The topological polar surface area (TPSA) is 52.3 Å². The molecule has 0 saturated carbocycles. The molecule has 2 rings (SSSR count). The highest BCUT2D eigenvalue weighted by molar-refractivity contribution is 7.17. The Morgan fingerprint density at radius 3 is 2.94 bits per heavy atom. The molecule has 0 aliphatic heterocycles. The van der Waals surface area contributed by atoms with Crippen LogP contribution in [-0.4, -0.2) is 19.6 Å². The van der Waals surface area contributed by atoms with Crippen LogP contribution in [0, 0.1) is 0 Å². The molecular formula is C12H13NO2S. The molecule has 3 nitrogen and oxygen atoms in total. The van der Waals surface area contributed by atoms with Crippen LogP contribution < -0.4 is 5.73 Å². The van der Waals surface area contributed by atoms with E-state index in [0.717, 1.165) is 10.9 Å². The third-order valence-corrected chi connectivity index (χ3v) is 3.59. The van der Waals surface area contributed by atoms with Crippen LogP contribution in [-0.2, 0) is 9.53 Å². The van der Waals surface area contributed by atoms with Gasteiger partial charge in [0, 0.05) is 11.2 Å². The average molecular weight is 235 g/mol. The predicted molar refractivity (Wildman–Crippen MR) is 65.6 cm³/mol. The van der Waals surface area contributed by atoms with Crippen LogP contribution >= 0.6 is 11.3 Å². The van der Waals surface area contributed by atoms with Crippen LogP contribution in [0.3, 0.4) is 0 Å². The molecule has 1 atom stereocenters. The van der Waals surface area contributed by atoms with E-state index < -0.39 is 0 Å². The van der Waals surface area contributed by atoms with E-state index in [1.807, 2.05) is 29.6 Å². The highest BCUT2D eigenvalue weighted by atomic mass is 32.1. The zero-order chi connectivity index (χ0) is 11.5. The quantitative estimate of drug-likeness (QED) is 0.829. The van der Waals surface area contributed by atoms with Crippen molar-refractivity contribution in [3.63, 3.8) is 0 Å². The molecule has 0 radical (unpaired) electrons. The number of carbonyl (C=O) groups excluding carboxylic acids is 1. The first-order valence-electron chi connectivity index (χ1n) is 5.02. The Hall–Kier alpha value is -1.39. The molecular weight excluding hydrogens is 222 g/mol. The lowest BCUT2D eigenvalue weighted by Crippen LogP contribution is -2.22. The molecule has 0 bridgehead atoms. The van der Waals surface area contributed by atoms with Gasteiger partial charge in [-0.2, -0.15) is 0 Å². The largest absolute Gasteiger partial charge is 0.469 e. The van der Waals surface area contributed by atoms with E-state index in [1.165, 1.54) is 11.8 Å². The molecule has 1 aromatic carbocycles. The maximum atomic E-state index is 11.6. The number of thiophene rings is 1. The summed E-state index contributed by atoms with van der Waals surface area (Å²) in [6.07, 6.45) is 0. The number of nitrogens with two attached hydrogens (primary N) is 1. The molecule has 84 valence electrons. The SMILES string of the molecule is COC(=O)C(CN)c1csc2ccccc12. The highest BCUT2D eigenvalue weighted by Crippen LogP contribution is 2.31. The van der Waals surface area contributed by atoms with Crippen molar-refractivity contribution in [2.75, 3.05) is 13.7 Å². The van der Waals surface area contributed by atoms with Crippen molar-refractivity contribution in [1.29, 1.82) is 0 Å². The summed E-state index contributed by atoms with van der Waals surface area (Å²) in [5.74, 6) is -0.632. The van der Waals surface area contributed by atoms with E-state index in [1.54, 1.807) is 11.3 Å². The van der Waals surface area contributed by atoms with Gasteiger partial charge in [0.05, 0.1) is 13.0 Å². The van der Waals surface area contributed by atoms with Gasteiger partial charge >= 0.3 is 5.97 Å². The number of methoxy groups -OCH3 is 1. The Bertz CT molecular complexity index is 506. The number of carbonyl (C=O) groups is 1. The van der Waals surface area contributed by atoms with Crippen LogP contribution in [0.5, 0.6) is 0 Å². The maximum Gasteiger partial charge on any atom is 0.314 e. The molecule has 2 N–H and O–H groups in total. The predicted octanol–water partition coefficient (Wildman–Crippen LogP) is 2.12. The van der Waals surface area contributed by atoms with Crippen molar-refractivity contribution in [2.45, 2.75) is 5.92 Å². The Kier molecular flexibility index (Phi) is 3.22. The van der Waals surface area contributed by atoms with E-state index in [4.69, 9.17) is 10.5 Å². The van der Waals surface area contributed by atoms with Crippen molar-refractivity contribution < 1.29 is 9.53 Å². The van der Waals surface area contributed by atoms with Gasteiger partial charge in [-0.25, -0.2) is 0 Å². The molecule has 16 heavy (non-hydrogen) atoms. The van der Waals surface area contributed by atoms with Crippen LogP contribution in [0.1, 0.15) is 11.5 Å². The van der Waals surface area contributed by atoms with Crippen molar-refractivity contribution in [3.8, 4) is 0 Å². The van der Waals surface area contributed by atoms with Gasteiger partial charge in [0.25, 0.3) is 0 Å². The second-order valence-electron chi connectivity index (χ2n) is 3.50. The van der Waals surface area contributed by atoms with Gasteiger partial charge in [-0.3, -0.25) is 4.79 Å². The molecule has 0 saturated heterocycles. The summed E-state index contributed by atoms with van der Waals surface area (Å²) in [6.45, 7) is 0.271. The van der Waals surface area contributed by atoms with E-state index in [-0.39, 0.29) is 18.4 Å².